The number of nitrogens with one attached hydrogen (secondary N) is 1. The number of thiophene rings is 1. The van der Waals surface area contributed by atoms with Crippen LogP contribution in [0.2, 0.25) is 0 Å². The summed E-state index contributed by atoms with van der Waals surface area (Å²) in [5.74, 6) is 0.582. The minimum Gasteiger partial charge on any atom is -0.456 e. The fourth-order valence-electron chi connectivity index (χ4n) is 7.99. The molecule has 3 aromatic heterocycles. The maximum atomic E-state index is 8.74. The minimum atomic E-state index is 0.143. The first-order valence-corrected chi connectivity index (χ1v) is 19.7. The highest BCUT2D eigenvalue weighted by Crippen LogP contribution is 2.40. The van der Waals surface area contributed by atoms with E-state index in [1.54, 1.807) is 6.21 Å². The molecule has 0 bridgehead atoms. The van der Waals surface area contributed by atoms with Crippen molar-refractivity contribution in [2.45, 2.75) is 0 Å². The van der Waals surface area contributed by atoms with Crippen molar-refractivity contribution in [1.29, 1.82) is 5.41 Å². The quantitative estimate of drug-likeness (QED) is 0.138. The molecule has 3 heterocycles. The van der Waals surface area contributed by atoms with E-state index in [1.165, 1.54) is 42.0 Å². The van der Waals surface area contributed by atoms with Crippen molar-refractivity contribution in [2.24, 2.45) is 9.98 Å². The maximum absolute atomic E-state index is 8.74. The number of amidine groups is 2. The van der Waals surface area contributed by atoms with E-state index < -0.39 is 0 Å². The van der Waals surface area contributed by atoms with Gasteiger partial charge in [0.15, 0.2) is 11.7 Å². The zero-order valence-electron chi connectivity index (χ0n) is 30.6. The first-order valence-electron chi connectivity index (χ1n) is 18.9. The Labute approximate surface area is 331 Å². The summed E-state index contributed by atoms with van der Waals surface area (Å²) >= 11 is 1.83. The summed E-state index contributed by atoms with van der Waals surface area (Å²) in [6.45, 7) is 0. The van der Waals surface area contributed by atoms with Crippen LogP contribution >= 0.6 is 11.3 Å². The predicted molar refractivity (Wildman–Crippen MR) is 240 cm³/mol. The Morgan fingerprint density at radius 1 is 0.509 bits per heavy atom. The van der Waals surface area contributed by atoms with Crippen LogP contribution in [0.3, 0.4) is 0 Å². The summed E-state index contributed by atoms with van der Waals surface area (Å²) in [5.41, 5.74) is 9.83. The van der Waals surface area contributed by atoms with Gasteiger partial charge in [-0.15, -0.1) is 11.3 Å². The van der Waals surface area contributed by atoms with Crippen LogP contribution < -0.4 is 0 Å². The van der Waals surface area contributed by atoms with Crippen molar-refractivity contribution in [3.8, 4) is 16.8 Å². The second kappa shape index (κ2) is 13.4. The molecule has 0 aliphatic heterocycles. The van der Waals surface area contributed by atoms with Gasteiger partial charge in [-0.25, -0.2) is 9.98 Å². The maximum Gasteiger partial charge on any atom is 0.161 e. The van der Waals surface area contributed by atoms with Crippen molar-refractivity contribution >= 4 is 93.1 Å². The molecule has 57 heavy (non-hydrogen) atoms. The van der Waals surface area contributed by atoms with E-state index in [0.717, 1.165) is 55.4 Å². The second-order valence-corrected chi connectivity index (χ2v) is 15.3. The molecule has 0 fully saturated rings. The summed E-state index contributed by atoms with van der Waals surface area (Å²) in [7, 11) is 0. The average molecular weight is 749 g/mol. The summed E-state index contributed by atoms with van der Waals surface area (Å²) in [5, 5.41) is 15.9. The molecule has 0 amide bonds. The van der Waals surface area contributed by atoms with Crippen molar-refractivity contribution in [3.05, 3.63) is 199 Å². The molecule has 11 aromatic rings. The van der Waals surface area contributed by atoms with Crippen molar-refractivity contribution in [1.82, 2.24) is 4.57 Å². The molecule has 268 valence electrons. The summed E-state index contributed by atoms with van der Waals surface area (Å²) in [6.07, 6.45) is 1.78. The van der Waals surface area contributed by atoms with Gasteiger partial charge in [-0.2, -0.15) is 0 Å². The molecule has 0 saturated carbocycles. The molecule has 1 N–H and O–H groups in total. The number of aliphatic imine (C=N–C) groups is 2. The van der Waals surface area contributed by atoms with E-state index in [0.29, 0.717) is 5.84 Å². The van der Waals surface area contributed by atoms with Crippen LogP contribution in [-0.4, -0.2) is 22.5 Å². The predicted octanol–water partition coefficient (Wildman–Crippen LogP) is 13.6. The van der Waals surface area contributed by atoms with Crippen LogP contribution in [0.1, 0.15) is 16.7 Å². The van der Waals surface area contributed by atoms with Crippen LogP contribution in [0.4, 0.5) is 0 Å². The zero-order valence-corrected chi connectivity index (χ0v) is 31.4. The Bertz CT molecular complexity index is 3370. The van der Waals surface area contributed by atoms with E-state index >= 15 is 0 Å². The lowest BCUT2D eigenvalue weighted by Crippen LogP contribution is -2.04. The zero-order chi connectivity index (χ0) is 37.9. The van der Waals surface area contributed by atoms with Gasteiger partial charge in [0.05, 0.1) is 11.0 Å². The highest BCUT2D eigenvalue weighted by Gasteiger charge is 2.16. The number of hydrogen-bond acceptors (Lipinski definition) is 3. The highest BCUT2D eigenvalue weighted by molar-refractivity contribution is 7.25. The molecule has 5 nitrogen and oxygen atoms in total. The Balaban J connectivity index is 0.954. The van der Waals surface area contributed by atoms with E-state index in [2.05, 4.69) is 119 Å². The Kier molecular flexibility index (Phi) is 7.76. The lowest BCUT2D eigenvalue weighted by molar-refractivity contribution is 0.669. The van der Waals surface area contributed by atoms with Gasteiger partial charge in [-0.3, -0.25) is 5.41 Å². The Hall–Kier alpha value is -7.41. The molecule has 8 aromatic carbocycles. The van der Waals surface area contributed by atoms with E-state index in [-0.39, 0.29) is 5.84 Å². The molecule has 0 atom stereocenters. The van der Waals surface area contributed by atoms with Gasteiger partial charge in [-0.05, 0) is 77.4 Å². The molecule has 0 aliphatic rings. The fourth-order valence-corrected chi connectivity index (χ4v) is 9.12. The van der Waals surface area contributed by atoms with Crippen molar-refractivity contribution in [2.75, 3.05) is 0 Å². The Morgan fingerprint density at radius 2 is 1.14 bits per heavy atom. The van der Waals surface area contributed by atoms with Gasteiger partial charge in [0, 0.05) is 64.7 Å². The highest BCUT2D eigenvalue weighted by atomic mass is 32.1. The number of rotatable bonds is 5. The number of nitrogens with zero attached hydrogens (tertiary/aromatic N) is 3. The molecular formula is C51H32N4OS. The molecule has 0 saturated heterocycles. The Morgan fingerprint density at radius 3 is 1.89 bits per heavy atom. The van der Waals surface area contributed by atoms with Crippen LogP contribution in [0.25, 0.3) is 80.7 Å². The first-order chi connectivity index (χ1) is 28.1. The molecule has 11 rings (SSSR count). The summed E-state index contributed by atoms with van der Waals surface area (Å²) in [6, 6.07) is 62.9. The molecule has 0 radical (unpaired) electrons. The monoisotopic (exact) mass is 748 g/mol. The van der Waals surface area contributed by atoms with Gasteiger partial charge in [0.25, 0.3) is 0 Å². The first kappa shape index (κ1) is 33.0. The van der Waals surface area contributed by atoms with E-state index in [9.17, 15) is 0 Å². The third kappa shape index (κ3) is 5.74. The SMILES string of the molecule is N=C(/N=C(\N=C\c1ccccc1)c1ccc2c(c1)oc1cc(-c3ccc4c(c3)sc3ccc(-n5c6ccccc6c6ccccc65)cc34)ccc12)c1ccccc1. The largest absolute Gasteiger partial charge is 0.456 e. The molecule has 0 spiro atoms. The van der Waals surface area contributed by atoms with Gasteiger partial charge < -0.3 is 8.98 Å². The van der Waals surface area contributed by atoms with Gasteiger partial charge >= 0.3 is 0 Å². The third-order valence-corrected chi connectivity index (χ3v) is 11.9. The molecule has 6 heteroatoms. The number of para-hydroxylation sites is 2. The minimum absolute atomic E-state index is 0.143. The van der Waals surface area contributed by atoms with Gasteiger partial charge in [0.2, 0.25) is 0 Å². The number of fused-ring (bicyclic) bond motifs is 9. The number of benzene rings is 8. The number of hydrogen-bond donors (Lipinski definition) is 1. The lowest BCUT2D eigenvalue weighted by atomic mass is 10.0. The number of furan rings is 1. The number of aromatic nitrogens is 1. The summed E-state index contributed by atoms with van der Waals surface area (Å²) in [4.78, 5) is 9.46. The van der Waals surface area contributed by atoms with Gasteiger partial charge in [0.1, 0.15) is 11.2 Å². The standard InChI is InChI=1S/C51H32N4OS/c52-50(33-13-5-2-6-14-33)54-51(53-31-32-11-3-1-4-12-32)36-21-24-41-40-23-19-34(27-46(40)56-47(41)28-36)35-20-25-42-43-30-37(22-26-48(43)57-49(42)29-35)55-44-17-9-7-15-38(44)39-16-8-10-18-45(39)55/h1-31,52H/b52-50?,53-31+,54-51-. The van der Waals surface area contributed by atoms with Crippen LogP contribution in [-0.2, 0) is 0 Å². The molecule has 0 aliphatic carbocycles. The fraction of sp³-hybridized carbons (Fsp3) is 0. The van der Waals surface area contributed by atoms with Crippen molar-refractivity contribution in [3.63, 3.8) is 0 Å². The molecule has 0 unspecified atom stereocenters. The third-order valence-electron chi connectivity index (χ3n) is 10.8. The topological polar surface area (TPSA) is 66.6 Å². The van der Waals surface area contributed by atoms with Crippen LogP contribution in [0.15, 0.2) is 196 Å². The van der Waals surface area contributed by atoms with Crippen molar-refractivity contribution < 1.29 is 4.42 Å². The lowest BCUT2D eigenvalue weighted by Gasteiger charge is -2.08. The van der Waals surface area contributed by atoms with Crippen LogP contribution in [0, 0.1) is 5.41 Å². The summed E-state index contributed by atoms with van der Waals surface area (Å²) < 4.78 is 11.4. The second-order valence-electron chi connectivity index (χ2n) is 14.2. The van der Waals surface area contributed by atoms with E-state index in [1.807, 2.05) is 84.1 Å². The van der Waals surface area contributed by atoms with Gasteiger partial charge in [-0.1, -0.05) is 121 Å². The molecular weight excluding hydrogens is 717 g/mol. The van der Waals surface area contributed by atoms with Crippen LogP contribution in [0.5, 0.6) is 0 Å². The smallest absolute Gasteiger partial charge is 0.161 e. The van der Waals surface area contributed by atoms with E-state index in [4.69, 9.17) is 14.8 Å². The average Bonchev–Trinajstić information content (AvgIpc) is 3.94. The normalized spacial score (nSPS) is 12.3.